The minimum atomic E-state index is 0.643. The molecule has 64 valence electrons. The van der Waals surface area contributed by atoms with E-state index < -0.39 is 0 Å². The lowest BCUT2D eigenvalue weighted by molar-refractivity contribution is 0.781. The Hall–Kier alpha value is -0.700. The van der Waals surface area contributed by atoms with Crippen molar-refractivity contribution >= 4 is 17.6 Å². The largest absolute Gasteiger partial charge is 0.384 e. The summed E-state index contributed by atoms with van der Waals surface area (Å²) in [7, 11) is 0. The summed E-state index contributed by atoms with van der Waals surface area (Å²) < 4.78 is 0. The van der Waals surface area contributed by atoms with E-state index in [1.165, 1.54) is 23.5 Å². The van der Waals surface area contributed by atoms with Crippen molar-refractivity contribution in [3.05, 3.63) is 23.9 Å². The van der Waals surface area contributed by atoms with Crippen LogP contribution in [0.3, 0.4) is 0 Å². The number of pyridine rings is 1. The third-order valence-electron chi connectivity index (χ3n) is 2.21. The minimum absolute atomic E-state index is 0.643. The summed E-state index contributed by atoms with van der Waals surface area (Å²) in [5.74, 6) is 3.88. The Balaban J connectivity index is 2.21. The van der Waals surface area contributed by atoms with Crippen LogP contribution in [0.15, 0.2) is 18.3 Å². The van der Waals surface area contributed by atoms with Gasteiger partial charge in [0.15, 0.2) is 0 Å². The van der Waals surface area contributed by atoms with Crippen molar-refractivity contribution in [1.29, 1.82) is 0 Å². The Morgan fingerprint density at radius 1 is 1.58 bits per heavy atom. The molecule has 3 heteroatoms. The number of nitrogen functional groups attached to an aromatic ring is 1. The Morgan fingerprint density at radius 3 is 3.17 bits per heavy atom. The number of hydrogen-bond donors (Lipinski definition) is 1. The van der Waals surface area contributed by atoms with Crippen LogP contribution in [-0.2, 0) is 0 Å². The fourth-order valence-corrected chi connectivity index (χ4v) is 2.78. The Kier molecular flexibility index (Phi) is 2.21. The highest BCUT2D eigenvalue weighted by atomic mass is 32.2. The van der Waals surface area contributed by atoms with Gasteiger partial charge in [-0.15, -0.1) is 0 Å². The maximum atomic E-state index is 5.61. The van der Waals surface area contributed by atoms with Gasteiger partial charge >= 0.3 is 0 Å². The maximum absolute atomic E-state index is 5.61. The SMILES string of the molecule is Nc1cc(C2CCSC2)ccn1. The number of thioether (sulfide) groups is 1. The van der Waals surface area contributed by atoms with Crippen molar-refractivity contribution in [3.8, 4) is 0 Å². The topological polar surface area (TPSA) is 38.9 Å². The van der Waals surface area contributed by atoms with E-state index in [0.717, 1.165) is 0 Å². The summed E-state index contributed by atoms with van der Waals surface area (Å²) >= 11 is 2.02. The van der Waals surface area contributed by atoms with Crippen LogP contribution in [0.1, 0.15) is 17.9 Å². The summed E-state index contributed by atoms with van der Waals surface area (Å²) in [4.78, 5) is 3.98. The highest BCUT2D eigenvalue weighted by Crippen LogP contribution is 2.32. The first-order valence-electron chi connectivity index (χ1n) is 4.15. The predicted molar refractivity (Wildman–Crippen MR) is 53.3 cm³/mol. The normalized spacial score (nSPS) is 22.8. The number of nitrogens with zero attached hydrogens (tertiary/aromatic N) is 1. The third-order valence-corrected chi connectivity index (χ3v) is 3.37. The molecule has 0 amide bonds. The Morgan fingerprint density at radius 2 is 2.50 bits per heavy atom. The molecule has 2 heterocycles. The van der Waals surface area contributed by atoms with Crippen LogP contribution in [0.25, 0.3) is 0 Å². The number of nitrogens with two attached hydrogens (primary N) is 1. The molecule has 2 nitrogen and oxygen atoms in total. The second kappa shape index (κ2) is 3.35. The van der Waals surface area contributed by atoms with Crippen LogP contribution in [0.5, 0.6) is 0 Å². The zero-order valence-corrected chi connectivity index (χ0v) is 7.68. The summed E-state index contributed by atoms with van der Waals surface area (Å²) in [6.45, 7) is 0. The van der Waals surface area contributed by atoms with Crippen LogP contribution in [0.2, 0.25) is 0 Å². The fraction of sp³-hybridized carbons (Fsp3) is 0.444. The van der Waals surface area contributed by atoms with Gasteiger partial charge in [-0.3, -0.25) is 0 Å². The van der Waals surface area contributed by atoms with Gasteiger partial charge < -0.3 is 5.73 Å². The van der Waals surface area contributed by atoms with Crippen molar-refractivity contribution in [2.45, 2.75) is 12.3 Å². The lowest BCUT2D eigenvalue weighted by Crippen LogP contribution is -1.98. The zero-order valence-electron chi connectivity index (χ0n) is 6.86. The lowest BCUT2D eigenvalue weighted by Gasteiger charge is -2.07. The molecule has 1 fully saturated rings. The molecule has 1 aromatic heterocycles. The van der Waals surface area contributed by atoms with Gasteiger partial charge in [0.2, 0.25) is 0 Å². The molecule has 1 saturated heterocycles. The number of hydrogen-bond acceptors (Lipinski definition) is 3. The zero-order chi connectivity index (χ0) is 8.39. The molecule has 1 aliphatic heterocycles. The van der Waals surface area contributed by atoms with Gasteiger partial charge in [0, 0.05) is 11.9 Å². The average Bonchev–Trinajstić information content (AvgIpc) is 2.56. The average molecular weight is 180 g/mol. The molecule has 1 aliphatic rings. The maximum Gasteiger partial charge on any atom is 0.123 e. The molecule has 0 saturated carbocycles. The molecular weight excluding hydrogens is 168 g/mol. The van der Waals surface area contributed by atoms with Crippen molar-refractivity contribution in [2.24, 2.45) is 0 Å². The van der Waals surface area contributed by atoms with E-state index >= 15 is 0 Å². The molecule has 0 spiro atoms. The molecule has 0 aromatic carbocycles. The van der Waals surface area contributed by atoms with E-state index in [0.29, 0.717) is 11.7 Å². The summed E-state index contributed by atoms with van der Waals surface area (Å²) in [6.07, 6.45) is 3.09. The summed E-state index contributed by atoms with van der Waals surface area (Å²) in [6, 6.07) is 4.07. The van der Waals surface area contributed by atoms with Crippen molar-refractivity contribution in [2.75, 3.05) is 17.2 Å². The summed E-state index contributed by atoms with van der Waals surface area (Å²) in [5, 5.41) is 0. The molecule has 1 atom stereocenters. The minimum Gasteiger partial charge on any atom is -0.384 e. The van der Waals surface area contributed by atoms with Crippen molar-refractivity contribution in [3.63, 3.8) is 0 Å². The van der Waals surface area contributed by atoms with Crippen molar-refractivity contribution < 1.29 is 0 Å². The van der Waals surface area contributed by atoms with Crippen LogP contribution in [0, 0.1) is 0 Å². The Labute approximate surface area is 76.6 Å². The number of aromatic nitrogens is 1. The van der Waals surface area contributed by atoms with Crippen LogP contribution < -0.4 is 5.73 Å². The van der Waals surface area contributed by atoms with E-state index in [-0.39, 0.29) is 0 Å². The van der Waals surface area contributed by atoms with Gasteiger partial charge in [-0.05, 0) is 35.8 Å². The molecule has 0 radical (unpaired) electrons. The molecule has 0 aliphatic carbocycles. The van der Waals surface area contributed by atoms with Crippen molar-refractivity contribution in [1.82, 2.24) is 4.98 Å². The van der Waals surface area contributed by atoms with Crippen LogP contribution in [0.4, 0.5) is 5.82 Å². The molecule has 12 heavy (non-hydrogen) atoms. The van der Waals surface area contributed by atoms with Gasteiger partial charge in [0.25, 0.3) is 0 Å². The van der Waals surface area contributed by atoms with E-state index in [1.807, 2.05) is 17.8 Å². The van der Waals surface area contributed by atoms with E-state index in [9.17, 15) is 0 Å². The van der Waals surface area contributed by atoms with Crippen LogP contribution >= 0.6 is 11.8 Å². The van der Waals surface area contributed by atoms with Gasteiger partial charge in [0.05, 0.1) is 0 Å². The first-order chi connectivity index (χ1) is 5.86. The lowest BCUT2D eigenvalue weighted by atomic mass is 10.00. The van der Waals surface area contributed by atoms with E-state index in [1.54, 1.807) is 6.20 Å². The summed E-state index contributed by atoms with van der Waals surface area (Å²) in [5.41, 5.74) is 6.96. The van der Waals surface area contributed by atoms with Crippen LogP contribution in [-0.4, -0.2) is 16.5 Å². The van der Waals surface area contributed by atoms with E-state index in [2.05, 4.69) is 11.1 Å². The van der Waals surface area contributed by atoms with E-state index in [4.69, 9.17) is 5.73 Å². The monoisotopic (exact) mass is 180 g/mol. The highest BCUT2D eigenvalue weighted by molar-refractivity contribution is 7.99. The van der Waals surface area contributed by atoms with Gasteiger partial charge in [-0.1, -0.05) is 0 Å². The molecule has 2 rings (SSSR count). The van der Waals surface area contributed by atoms with Gasteiger partial charge in [0.1, 0.15) is 5.82 Å². The molecule has 1 unspecified atom stereocenters. The second-order valence-corrected chi connectivity index (χ2v) is 4.22. The smallest absolute Gasteiger partial charge is 0.123 e. The third kappa shape index (κ3) is 1.55. The fourth-order valence-electron chi connectivity index (χ4n) is 1.52. The molecular formula is C9H12N2S. The number of anilines is 1. The van der Waals surface area contributed by atoms with Gasteiger partial charge in [-0.25, -0.2) is 4.98 Å². The second-order valence-electron chi connectivity index (χ2n) is 3.07. The standard InChI is InChI=1S/C9H12N2S/c10-9-5-7(1-3-11-9)8-2-4-12-6-8/h1,3,5,8H,2,4,6H2,(H2,10,11). The Bertz CT molecular complexity index is 269. The first kappa shape index (κ1) is 7.92. The highest BCUT2D eigenvalue weighted by Gasteiger charge is 2.17. The molecule has 1 aromatic rings. The first-order valence-corrected chi connectivity index (χ1v) is 5.31. The van der Waals surface area contributed by atoms with Gasteiger partial charge in [-0.2, -0.15) is 11.8 Å². The quantitative estimate of drug-likeness (QED) is 0.717. The number of rotatable bonds is 1. The predicted octanol–water partition coefficient (Wildman–Crippen LogP) is 1.88. The molecule has 2 N–H and O–H groups in total. The molecule has 0 bridgehead atoms.